The van der Waals surface area contributed by atoms with Gasteiger partial charge in [-0.25, -0.2) is 0 Å². The minimum atomic E-state index is -0.0922. The van der Waals surface area contributed by atoms with Crippen molar-refractivity contribution < 1.29 is 0 Å². The number of hydrogen-bond donors (Lipinski definition) is 0. The number of nitrogens with zero attached hydrogens (tertiary/aromatic N) is 1. The van der Waals surface area contributed by atoms with Gasteiger partial charge in [0, 0.05) is 6.21 Å². The van der Waals surface area contributed by atoms with E-state index in [1.54, 1.807) is 0 Å². The average molecular weight is 115 g/mol. The van der Waals surface area contributed by atoms with E-state index in [2.05, 4.69) is 10.1 Å². The van der Waals surface area contributed by atoms with E-state index >= 15 is 0 Å². The monoisotopic (exact) mass is 115 g/mol. The van der Waals surface area contributed by atoms with E-state index in [-0.39, 0.29) is 8.83 Å². The summed E-state index contributed by atoms with van der Waals surface area (Å²) in [7, 11) is -0.0922. The molecule has 32 valence electrons. The normalized spacial score (nSPS) is 22.7. The van der Waals surface area contributed by atoms with Crippen LogP contribution < -0.4 is 0 Å². The summed E-state index contributed by atoms with van der Waals surface area (Å²) in [4.78, 5) is 0. The highest BCUT2D eigenvalue weighted by molar-refractivity contribution is 8.24. The molecule has 0 aromatic heterocycles. The molecule has 0 saturated carbocycles. The zero-order chi connectivity index (χ0) is 4.24. The third kappa shape index (κ3) is 0.987. The molecule has 0 spiro atoms. The first-order chi connectivity index (χ1) is 3.00. The third-order valence-electron chi connectivity index (χ3n) is 0.515. The topological polar surface area (TPSA) is 12.4 Å². The lowest BCUT2D eigenvalue weighted by Gasteiger charge is -1.87. The molecule has 0 bridgehead atoms. The van der Waals surface area contributed by atoms with Gasteiger partial charge in [0.1, 0.15) is 0 Å². The van der Waals surface area contributed by atoms with Crippen LogP contribution in [0.1, 0.15) is 0 Å². The lowest BCUT2D eigenvalue weighted by molar-refractivity contribution is 1.92. The van der Waals surface area contributed by atoms with Gasteiger partial charge in [-0.1, -0.05) is 0 Å². The number of rotatable bonds is 0. The summed E-state index contributed by atoms with van der Waals surface area (Å²) in [5.74, 6) is 0. The predicted octanol–water partition coefficient (Wildman–Crippen LogP) is 0.316. The maximum absolute atomic E-state index is 4.07. The molecule has 0 fully saturated rings. The largest absolute Gasteiger partial charge is 0.323 e. The highest BCUT2D eigenvalue weighted by Gasteiger charge is 1.79. The molecule has 0 aromatic rings. The van der Waals surface area contributed by atoms with Gasteiger partial charge in [0.2, 0.25) is 8.83 Å². The van der Waals surface area contributed by atoms with Crippen LogP contribution in [-0.4, -0.2) is 15.0 Å². The molecule has 0 atom stereocenters. The van der Waals surface area contributed by atoms with Crippen LogP contribution >= 0.6 is 11.2 Å². The summed E-state index contributed by atoms with van der Waals surface area (Å²) in [5, 5.41) is 2.10. The van der Waals surface area contributed by atoms with E-state index in [0.717, 1.165) is 0 Å². The third-order valence-corrected chi connectivity index (χ3v) is 2.85. The summed E-state index contributed by atoms with van der Waals surface area (Å²) >= 11 is 1.86. The van der Waals surface area contributed by atoms with E-state index in [4.69, 9.17) is 0 Å². The highest BCUT2D eigenvalue weighted by atomic mass is 32.4. The Morgan fingerprint density at radius 2 is 2.67 bits per heavy atom. The first-order valence-corrected chi connectivity index (χ1v) is 5.18. The number of allylic oxidation sites excluding steroid dienone is 1. The van der Waals surface area contributed by atoms with Gasteiger partial charge in [-0.3, -0.25) is 0 Å². The second-order valence-corrected chi connectivity index (χ2v) is 3.96. The predicted molar refractivity (Wildman–Crippen MR) is 33.8 cm³/mol. The fraction of sp³-hybridized carbons (Fsp3) is 0. The van der Waals surface area contributed by atoms with E-state index in [9.17, 15) is 0 Å². The van der Waals surface area contributed by atoms with Gasteiger partial charge in [-0.2, -0.15) is 0 Å². The van der Waals surface area contributed by atoms with Crippen LogP contribution in [0.3, 0.4) is 0 Å². The second-order valence-electron chi connectivity index (χ2n) is 0.956. The van der Waals surface area contributed by atoms with Gasteiger partial charge in [-0.15, -0.1) is 11.2 Å². The molecule has 0 radical (unpaired) electrons. The molecular formula is C3H5NSSi. The molecule has 0 unspecified atom stereocenters. The summed E-state index contributed by atoms with van der Waals surface area (Å²) in [6.07, 6.45) is 3.85. The molecule has 1 heterocycles. The Labute approximate surface area is 43.1 Å². The lowest BCUT2D eigenvalue weighted by Crippen LogP contribution is -1.79. The SMILES string of the molecule is C1=CS[SiH2]N=C1. The van der Waals surface area contributed by atoms with Gasteiger partial charge in [0.05, 0.1) is 0 Å². The minimum Gasteiger partial charge on any atom is -0.323 e. The maximum Gasteiger partial charge on any atom is 0.214 e. The van der Waals surface area contributed by atoms with Crippen molar-refractivity contribution in [1.29, 1.82) is 0 Å². The Morgan fingerprint density at radius 3 is 2.83 bits per heavy atom. The molecule has 1 nitrogen and oxygen atoms in total. The van der Waals surface area contributed by atoms with Crippen LogP contribution in [0.25, 0.3) is 0 Å². The molecule has 1 aliphatic heterocycles. The van der Waals surface area contributed by atoms with Crippen molar-refractivity contribution in [3.8, 4) is 0 Å². The zero-order valence-corrected chi connectivity index (χ0v) is 5.53. The first-order valence-electron chi connectivity index (χ1n) is 1.77. The molecule has 0 N–H and O–H groups in total. The van der Waals surface area contributed by atoms with Crippen molar-refractivity contribution in [3.63, 3.8) is 0 Å². The fourth-order valence-corrected chi connectivity index (χ4v) is 1.95. The minimum absolute atomic E-state index is 0.0922. The van der Waals surface area contributed by atoms with Crippen LogP contribution in [0.2, 0.25) is 0 Å². The molecule has 1 aliphatic rings. The Kier molecular flexibility index (Phi) is 1.52. The molecule has 0 saturated heterocycles. The van der Waals surface area contributed by atoms with Crippen molar-refractivity contribution in [2.45, 2.75) is 0 Å². The van der Waals surface area contributed by atoms with E-state index < -0.39 is 0 Å². The zero-order valence-electron chi connectivity index (χ0n) is 3.29. The molecular weight excluding hydrogens is 110 g/mol. The van der Waals surface area contributed by atoms with E-state index in [0.29, 0.717) is 0 Å². The van der Waals surface area contributed by atoms with Crippen LogP contribution in [0.15, 0.2) is 16.1 Å². The Bertz CT molecular complexity index is 76.8. The molecule has 3 heteroatoms. The fourth-order valence-electron chi connectivity index (χ4n) is 0.281. The van der Waals surface area contributed by atoms with Gasteiger partial charge in [0.25, 0.3) is 0 Å². The molecule has 6 heavy (non-hydrogen) atoms. The smallest absolute Gasteiger partial charge is 0.214 e. The summed E-state index contributed by atoms with van der Waals surface area (Å²) < 4.78 is 4.07. The molecule has 1 rings (SSSR count). The summed E-state index contributed by atoms with van der Waals surface area (Å²) in [5.41, 5.74) is 0. The lowest BCUT2D eigenvalue weighted by atomic mass is 10.7. The van der Waals surface area contributed by atoms with Gasteiger partial charge in [-0.05, 0) is 11.5 Å². The second kappa shape index (κ2) is 2.20. The highest BCUT2D eigenvalue weighted by Crippen LogP contribution is 2.00. The number of hydrogen-bond acceptors (Lipinski definition) is 2. The Hall–Kier alpha value is -0.0231. The Morgan fingerprint density at radius 1 is 1.67 bits per heavy atom. The van der Waals surface area contributed by atoms with E-state index in [1.165, 1.54) is 0 Å². The standard InChI is InChI=1S/C3H5NSSi/c1-2-4-6-5-3-1/h1-3H,6H2. The van der Waals surface area contributed by atoms with Crippen LogP contribution in [0.4, 0.5) is 0 Å². The van der Waals surface area contributed by atoms with Crippen LogP contribution in [-0.2, 0) is 0 Å². The van der Waals surface area contributed by atoms with Gasteiger partial charge >= 0.3 is 0 Å². The van der Waals surface area contributed by atoms with Gasteiger partial charge < -0.3 is 4.66 Å². The van der Waals surface area contributed by atoms with Crippen LogP contribution in [0, 0.1) is 0 Å². The van der Waals surface area contributed by atoms with Crippen molar-refractivity contribution in [3.05, 3.63) is 11.5 Å². The summed E-state index contributed by atoms with van der Waals surface area (Å²) in [6, 6.07) is 0. The van der Waals surface area contributed by atoms with Gasteiger partial charge in [0.15, 0.2) is 0 Å². The van der Waals surface area contributed by atoms with Crippen molar-refractivity contribution in [1.82, 2.24) is 0 Å². The average Bonchev–Trinajstić information content (AvgIpc) is 1.72. The molecule has 0 aromatic carbocycles. The van der Waals surface area contributed by atoms with Crippen molar-refractivity contribution >= 4 is 26.3 Å². The first kappa shape index (κ1) is 4.14. The molecule has 0 aliphatic carbocycles. The van der Waals surface area contributed by atoms with Crippen molar-refractivity contribution in [2.24, 2.45) is 4.66 Å². The Balaban J connectivity index is 2.46. The molecule has 0 amide bonds. The maximum atomic E-state index is 4.07. The summed E-state index contributed by atoms with van der Waals surface area (Å²) in [6.45, 7) is 0. The van der Waals surface area contributed by atoms with E-state index in [1.807, 2.05) is 23.5 Å². The van der Waals surface area contributed by atoms with Crippen LogP contribution in [0.5, 0.6) is 0 Å². The van der Waals surface area contributed by atoms with Crippen molar-refractivity contribution in [2.75, 3.05) is 0 Å². The quantitative estimate of drug-likeness (QED) is 0.414.